The maximum atomic E-state index is 5.49. The van der Waals surface area contributed by atoms with Crippen molar-refractivity contribution in [3.05, 3.63) is 11.4 Å². The second-order valence-electron chi connectivity index (χ2n) is 5.52. The standard InChI is InChI=1S/C13H24N6/c1-8-7-19(4)6-5-11(8)17-12-9(2)13(18-14)16-10(3)15-12/h8,11H,5-7,14H2,1-4H3,(H2,15,16,17,18). The molecule has 19 heavy (non-hydrogen) atoms. The van der Waals surface area contributed by atoms with E-state index in [0.717, 1.165) is 36.7 Å². The third-order valence-corrected chi connectivity index (χ3v) is 3.82. The Labute approximate surface area is 114 Å². The van der Waals surface area contributed by atoms with Crippen LogP contribution in [0.2, 0.25) is 0 Å². The molecule has 2 rings (SSSR count). The Balaban J connectivity index is 2.17. The van der Waals surface area contributed by atoms with E-state index in [9.17, 15) is 0 Å². The molecule has 1 aromatic rings. The number of hydrazine groups is 1. The molecular formula is C13H24N6. The van der Waals surface area contributed by atoms with Gasteiger partial charge in [0.05, 0.1) is 0 Å². The lowest BCUT2D eigenvalue weighted by Crippen LogP contribution is -2.43. The van der Waals surface area contributed by atoms with Gasteiger partial charge in [-0.25, -0.2) is 15.8 Å². The van der Waals surface area contributed by atoms with Gasteiger partial charge in [0, 0.05) is 18.2 Å². The number of nitrogens with one attached hydrogen (secondary N) is 2. The fraction of sp³-hybridized carbons (Fsp3) is 0.692. The van der Waals surface area contributed by atoms with Crippen LogP contribution in [0.15, 0.2) is 0 Å². The molecule has 1 aliphatic rings. The Morgan fingerprint density at radius 1 is 1.26 bits per heavy atom. The minimum Gasteiger partial charge on any atom is -0.367 e. The van der Waals surface area contributed by atoms with Crippen LogP contribution in [0.4, 0.5) is 11.6 Å². The minimum atomic E-state index is 0.454. The van der Waals surface area contributed by atoms with Crippen LogP contribution in [0.3, 0.4) is 0 Å². The van der Waals surface area contributed by atoms with Crippen molar-refractivity contribution < 1.29 is 0 Å². The fourth-order valence-electron chi connectivity index (χ4n) is 2.65. The smallest absolute Gasteiger partial charge is 0.148 e. The number of anilines is 2. The fourth-order valence-corrected chi connectivity index (χ4v) is 2.65. The van der Waals surface area contributed by atoms with Gasteiger partial charge in [0.2, 0.25) is 0 Å². The van der Waals surface area contributed by atoms with Crippen molar-refractivity contribution in [2.75, 3.05) is 30.9 Å². The van der Waals surface area contributed by atoms with Crippen molar-refractivity contribution in [3.63, 3.8) is 0 Å². The summed E-state index contributed by atoms with van der Waals surface area (Å²) < 4.78 is 0. The zero-order chi connectivity index (χ0) is 14.0. The number of likely N-dealkylation sites (tertiary alicyclic amines) is 1. The van der Waals surface area contributed by atoms with Crippen LogP contribution in [0.1, 0.15) is 24.7 Å². The highest BCUT2D eigenvalue weighted by Crippen LogP contribution is 2.24. The lowest BCUT2D eigenvalue weighted by Gasteiger charge is -2.35. The first-order valence-electron chi connectivity index (χ1n) is 6.78. The van der Waals surface area contributed by atoms with Crippen LogP contribution in [0.25, 0.3) is 0 Å². The molecule has 6 heteroatoms. The third-order valence-electron chi connectivity index (χ3n) is 3.82. The van der Waals surface area contributed by atoms with Gasteiger partial charge in [-0.2, -0.15) is 0 Å². The Morgan fingerprint density at radius 2 is 1.95 bits per heavy atom. The van der Waals surface area contributed by atoms with Gasteiger partial charge in [-0.05, 0) is 39.8 Å². The number of hydrogen-bond acceptors (Lipinski definition) is 6. The zero-order valence-electron chi connectivity index (χ0n) is 12.2. The highest BCUT2D eigenvalue weighted by molar-refractivity contribution is 5.57. The molecule has 0 radical (unpaired) electrons. The molecular weight excluding hydrogens is 240 g/mol. The topological polar surface area (TPSA) is 79.1 Å². The second kappa shape index (κ2) is 5.71. The molecule has 2 heterocycles. The maximum absolute atomic E-state index is 5.49. The first-order chi connectivity index (χ1) is 9.01. The van der Waals surface area contributed by atoms with E-state index < -0.39 is 0 Å². The summed E-state index contributed by atoms with van der Waals surface area (Å²) >= 11 is 0. The van der Waals surface area contributed by atoms with E-state index in [1.165, 1.54) is 0 Å². The van der Waals surface area contributed by atoms with Gasteiger partial charge in [0.15, 0.2) is 0 Å². The number of nitrogens with zero attached hydrogens (tertiary/aromatic N) is 3. The summed E-state index contributed by atoms with van der Waals surface area (Å²) in [7, 11) is 2.17. The predicted octanol–water partition coefficient (Wildman–Crippen LogP) is 1.13. The molecule has 0 aliphatic carbocycles. The maximum Gasteiger partial charge on any atom is 0.148 e. The summed E-state index contributed by atoms with van der Waals surface area (Å²) in [6, 6.07) is 0.454. The average Bonchev–Trinajstić information content (AvgIpc) is 2.36. The molecule has 0 amide bonds. The Bertz CT molecular complexity index is 447. The van der Waals surface area contributed by atoms with Crippen LogP contribution in [-0.4, -0.2) is 41.0 Å². The van der Waals surface area contributed by atoms with Crippen LogP contribution >= 0.6 is 0 Å². The molecule has 0 saturated carbocycles. The van der Waals surface area contributed by atoms with Crippen LogP contribution in [-0.2, 0) is 0 Å². The molecule has 1 saturated heterocycles. The summed E-state index contributed by atoms with van der Waals surface area (Å²) in [5.74, 6) is 8.40. The monoisotopic (exact) mass is 264 g/mol. The van der Waals surface area contributed by atoms with Crippen molar-refractivity contribution in [2.45, 2.75) is 33.2 Å². The Hall–Kier alpha value is -1.40. The molecule has 6 nitrogen and oxygen atoms in total. The first-order valence-corrected chi connectivity index (χ1v) is 6.78. The van der Waals surface area contributed by atoms with E-state index in [-0.39, 0.29) is 0 Å². The van der Waals surface area contributed by atoms with Gasteiger partial charge in [-0.3, -0.25) is 0 Å². The molecule has 4 N–H and O–H groups in total. The van der Waals surface area contributed by atoms with Crippen LogP contribution in [0.5, 0.6) is 0 Å². The number of aryl methyl sites for hydroxylation is 1. The van der Waals surface area contributed by atoms with Gasteiger partial charge in [0.25, 0.3) is 0 Å². The van der Waals surface area contributed by atoms with Gasteiger partial charge >= 0.3 is 0 Å². The molecule has 1 aliphatic heterocycles. The van der Waals surface area contributed by atoms with Crippen molar-refractivity contribution in [1.82, 2.24) is 14.9 Å². The Morgan fingerprint density at radius 3 is 2.58 bits per heavy atom. The molecule has 106 valence electrons. The summed E-state index contributed by atoms with van der Waals surface area (Å²) in [6.45, 7) is 8.37. The minimum absolute atomic E-state index is 0.454. The van der Waals surface area contributed by atoms with Gasteiger partial charge in [-0.1, -0.05) is 6.92 Å². The molecule has 1 fully saturated rings. The predicted molar refractivity (Wildman–Crippen MR) is 78.0 cm³/mol. The van der Waals surface area contributed by atoms with E-state index >= 15 is 0 Å². The summed E-state index contributed by atoms with van der Waals surface area (Å²) in [6.07, 6.45) is 1.13. The van der Waals surface area contributed by atoms with Gasteiger partial charge in [-0.15, -0.1) is 0 Å². The molecule has 0 spiro atoms. The lowest BCUT2D eigenvalue weighted by atomic mass is 9.94. The molecule has 1 aromatic heterocycles. The van der Waals surface area contributed by atoms with Crippen molar-refractivity contribution in [3.8, 4) is 0 Å². The number of rotatable bonds is 3. The molecule has 0 bridgehead atoms. The highest BCUT2D eigenvalue weighted by Gasteiger charge is 2.25. The number of aromatic nitrogens is 2. The lowest BCUT2D eigenvalue weighted by molar-refractivity contribution is 0.206. The van der Waals surface area contributed by atoms with E-state index in [1.807, 2.05) is 13.8 Å². The van der Waals surface area contributed by atoms with Crippen LogP contribution in [0, 0.1) is 19.8 Å². The normalized spacial score (nSPS) is 24.3. The van der Waals surface area contributed by atoms with Gasteiger partial charge < -0.3 is 15.6 Å². The Kier molecular flexibility index (Phi) is 4.21. The highest BCUT2D eigenvalue weighted by atomic mass is 15.3. The average molecular weight is 264 g/mol. The van der Waals surface area contributed by atoms with Crippen molar-refractivity contribution in [2.24, 2.45) is 11.8 Å². The molecule has 0 aromatic carbocycles. The molecule has 2 atom stereocenters. The number of piperidine rings is 1. The largest absolute Gasteiger partial charge is 0.367 e. The first kappa shape index (κ1) is 14.0. The van der Waals surface area contributed by atoms with E-state index in [2.05, 4.69) is 39.6 Å². The SMILES string of the molecule is Cc1nc(NN)c(C)c(NC2CCN(C)CC2C)n1. The number of nitrogens with two attached hydrogens (primary N) is 1. The summed E-state index contributed by atoms with van der Waals surface area (Å²) in [5, 5.41) is 3.56. The van der Waals surface area contributed by atoms with Crippen molar-refractivity contribution in [1.29, 1.82) is 0 Å². The van der Waals surface area contributed by atoms with E-state index in [0.29, 0.717) is 17.8 Å². The van der Waals surface area contributed by atoms with E-state index in [4.69, 9.17) is 5.84 Å². The number of nitrogen functional groups attached to an aromatic ring is 1. The quantitative estimate of drug-likeness (QED) is 0.561. The van der Waals surface area contributed by atoms with Crippen molar-refractivity contribution >= 4 is 11.6 Å². The summed E-state index contributed by atoms with van der Waals surface area (Å²) in [4.78, 5) is 11.1. The van der Waals surface area contributed by atoms with Gasteiger partial charge in [0.1, 0.15) is 17.5 Å². The third kappa shape index (κ3) is 3.13. The number of hydrogen-bond donors (Lipinski definition) is 3. The second-order valence-corrected chi connectivity index (χ2v) is 5.52. The van der Waals surface area contributed by atoms with Crippen LogP contribution < -0.4 is 16.6 Å². The zero-order valence-corrected chi connectivity index (χ0v) is 12.2. The van der Waals surface area contributed by atoms with E-state index in [1.54, 1.807) is 0 Å². The molecule has 2 unspecified atom stereocenters. The summed E-state index contributed by atoms with van der Waals surface area (Å²) in [5.41, 5.74) is 3.60.